The molecule has 0 spiro atoms. The fraction of sp³-hybridized carbons (Fsp3) is 0.333. The number of benzene rings is 2. The zero-order valence-electron chi connectivity index (χ0n) is 15.2. The quantitative estimate of drug-likeness (QED) is 0.572. The minimum Gasteiger partial charge on any atom is -0.352 e. The number of amides is 1. The van der Waals surface area contributed by atoms with Gasteiger partial charge in [0.15, 0.2) is 5.16 Å². The Morgan fingerprint density at radius 3 is 2.89 bits per heavy atom. The monoisotopic (exact) mass is 380 g/mol. The lowest BCUT2D eigenvalue weighted by Crippen LogP contribution is -2.38. The highest BCUT2D eigenvalue weighted by atomic mass is 32.2. The Bertz CT molecular complexity index is 884. The van der Waals surface area contributed by atoms with Crippen molar-refractivity contribution in [2.45, 2.75) is 23.8 Å². The van der Waals surface area contributed by atoms with Crippen LogP contribution in [0.1, 0.15) is 28.8 Å². The lowest BCUT2D eigenvalue weighted by molar-refractivity contribution is 0.0944. The number of carbonyl (C=O) groups excluding carboxylic acids is 1. The molecule has 0 saturated carbocycles. The predicted molar refractivity (Wildman–Crippen MR) is 110 cm³/mol. The molecule has 1 aliphatic rings. The molecule has 0 bridgehead atoms. The lowest BCUT2D eigenvalue weighted by Gasteiger charge is -2.23. The van der Waals surface area contributed by atoms with Gasteiger partial charge in [-0.3, -0.25) is 4.79 Å². The molecule has 3 N–H and O–H groups in total. The van der Waals surface area contributed by atoms with E-state index in [9.17, 15) is 4.79 Å². The van der Waals surface area contributed by atoms with Crippen molar-refractivity contribution in [3.8, 4) is 0 Å². The number of thioether (sulfide) groups is 1. The second kappa shape index (κ2) is 8.59. The van der Waals surface area contributed by atoms with Gasteiger partial charge in [0, 0.05) is 17.9 Å². The second-order valence-electron chi connectivity index (χ2n) is 6.93. The van der Waals surface area contributed by atoms with Gasteiger partial charge in [0.2, 0.25) is 0 Å². The third kappa shape index (κ3) is 4.51. The van der Waals surface area contributed by atoms with Crippen LogP contribution in [0.25, 0.3) is 11.0 Å². The number of para-hydroxylation sites is 2. The smallest absolute Gasteiger partial charge is 0.251 e. The van der Waals surface area contributed by atoms with E-state index in [1.165, 1.54) is 12.8 Å². The highest BCUT2D eigenvalue weighted by molar-refractivity contribution is 7.98. The topological polar surface area (TPSA) is 69.8 Å². The lowest BCUT2D eigenvalue weighted by atomic mass is 9.99. The summed E-state index contributed by atoms with van der Waals surface area (Å²) < 4.78 is 0. The molecule has 1 atom stereocenters. The van der Waals surface area contributed by atoms with Crippen LogP contribution < -0.4 is 10.6 Å². The van der Waals surface area contributed by atoms with Gasteiger partial charge < -0.3 is 15.6 Å². The molecular formula is C21H24N4OS. The van der Waals surface area contributed by atoms with Crippen LogP contribution in [0.3, 0.4) is 0 Å². The summed E-state index contributed by atoms with van der Waals surface area (Å²) >= 11 is 1.62. The van der Waals surface area contributed by atoms with Gasteiger partial charge in [-0.25, -0.2) is 4.98 Å². The molecule has 27 heavy (non-hydrogen) atoms. The maximum Gasteiger partial charge on any atom is 0.251 e. The summed E-state index contributed by atoms with van der Waals surface area (Å²) in [6.07, 6.45) is 2.36. The molecule has 4 rings (SSSR count). The van der Waals surface area contributed by atoms with Crippen molar-refractivity contribution in [2.75, 3.05) is 19.6 Å². The Balaban J connectivity index is 1.40. The molecule has 1 aliphatic heterocycles. The zero-order chi connectivity index (χ0) is 18.5. The van der Waals surface area contributed by atoms with E-state index in [1.807, 2.05) is 48.5 Å². The van der Waals surface area contributed by atoms with Crippen LogP contribution >= 0.6 is 11.8 Å². The molecule has 6 heteroatoms. The standard InChI is InChI=1S/C21H24N4OS/c26-20(23-13-15-6-5-11-22-12-15)17-8-2-1-7-16(17)14-27-21-24-18-9-3-4-10-19(18)25-21/h1-4,7-10,15,22H,5-6,11-14H2,(H,23,26)(H,24,25). The first kappa shape index (κ1) is 18.1. The minimum absolute atomic E-state index is 0.0152. The molecule has 3 aromatic rings. The summed E-state index contributed by atoms with van der Waals surface area (Å²) in [5.41, 5.74) is 3.78. The third-order valence-corrected chi connectivity index (χ3v) is 5.87. The number of piperidine rings is 1. The van der Waals surface area contributed by atoms with Crippen molar-refractivity contribution in [3.63, 3.8) is 0 Å². The number of rotatable bonds is 6. The number of imidazole rings is 1. The average Bonchev–Trinajstić information content (AvgIpc) is 3.14. The maximum atomic E-state index is 12.7. The van der Waals surface area contributed by atoms with E-state index in [1.54, 1.807) is 11.8 Å². The number of aromatic amines is 1. The molecule has 1 saturated heterocycles. The van der Waals surface area contributed by atoms with Crippen molar-refractivity contribution in [1.82, 2.24) is 20.6 Å². The molecule has 1 aromatic heterocycles. The third-order valence-electron chi connectivity index (χ3n) is 4.94. The van der Waals surface area contributed by atoms with Gasteiger partial charge in [-0.2, -0.15) is 0 Å². The number of aromatic nitrogens is 2. The summed E-state index contributed by atoms with van der Waals surface area (Å²) in [6, 6.07) is 15.8. The van der Waals surface area contributed by atoms with Gasteiger partial charge in [0.25, 0.3) is 5.91 Å². The number of fused-ring (bicyclic) bond motifs is 1. The number of nitrogens with zero attached hydrogens (tertiary/aromatic N) is 1. The molecule has 5 nitrogen and oxygen atoms in total. The minimum atomic E-state index is 0.0152. The summed E-state index contributed by atoms with van der Waals surface area (Å²) in [5.74, 6) is 1.25. The van der Waals surface area contributed by atoms with Crippen LogP contribution in [0.4, 0.5) is 0 Å². The van der Waals surface area contributed by atoms with E-state index in [2.05, 4.69) is 20.6 Å². The summed E-state index contributed by atoms with van der Waals surface area (Å²) in [5, 5.41) is 7.39. The van der Waals surface area contributed by atoms with Gasteiger partial charge in [-0.1, -0.05) is 42.1 Å². The van der Waals surface area contributed by atoms with E-state index in [0.717, 1.165) is 47.0 Å². The van der Waals surface area contributed by atoms with Gasteiger partial charge in [-0.15, -0.1) is 0 Å². The van der Waals surface area contributed by atoms with Crippen molar-refractivity contribution >= 4 is 28.7 Å². The van der Waals surface area contributed by atoms with Gasteiger partial charge >= 0.3 is 0 Å². The summed E-state index contributed by atoms with van der Waals surface area (Å²) in [7, 11) is 0. The number of hydrogen-bond acceptors (Lipinski definition) is 4. The van der Waals surface area contributed by atoms with Crippen molar-refractivity contribution in [2.24, 2.45) is 5.92 Å². The number of carbonyl (C=O) groups is 1. The predicted octanol–water partition coefficient (Wildman–Crippen LogP) is 3.58. The van der Waals surface area contributed by atoms with Crippen molar-refractivity contribution < 1.29 is 4.79 Å². The molecule has 1 fully saturated rings. The first-order valence-corrected chi connectivity index (χ1v) is 10.4. The highest BCUT2D eigenvalue weighted by Crippen LogP contribution is 2.24. The fourth-order valence-electron chi connectivity index (χ4n) is 3.44. The molecule has 0 radical (unpaired) electrons. The van der Waals surface area contributed by atoms with E-state index >= 15 is 0 Å². The van der Waals surface area contributed by atoms with Crippen LogP contribution in [-0.2, 0) is 5.75 Å². The highest BCUT2D eigenvalue weighted by Gasteiger charge is 2.16. The van der Waals surface area contributed by atoms with E-state index in [0.29, 0.717) is 11.7 Å². The second-order valence-corrected chi connectivity index (χ2v) is 7.89. The average molecular weight is 381 g/mol. The number of H-pyrrole nitrogens is 1. The summed E-state index contributed by atoms with van der Waals surface area (Å²) in [6.45, 7) is 2.81. The van der Waals surface area contributed by atoms with Gasteiger partial charge in [0.1, 0.15) is 0 Å². The Labute approximate surface area is 163 Å². The Hall–Kier alpha value is -2.31. The summed E-state index contributed by atoms with van der Waals surface area (Å²) in [4.78, 5) is 20.6. The van der Waals surface area contributed by atoms with Crippen molar-refractivity contribution in [1.29, 1.82) is 0 Å². The van der Waals surface area contributed by atoms with Crippen LogP contribution in [0.2, 0.25) is 0 Å². The van der Waals surface area contributed by atoms with Crippen molar-refractivity contribution in [3.05, 3.63) is 59.7 Å². The first-order valence-electron chi connectivity index (χ1n) is 9.44. The SMILES string of the molecule is O=C(NCC1CCCNC1)c1ccccc1CSc1nc2ccccc2[nH]1. The van der Waals surface area contributed by atoms with E-state index in [4.69, 9.17) is 0 Å². The van der Waals surface area contributed by atoms with E-state index in [-0.39, 0.29) is 5.91 Å². The molecule has 2 aromatic carbocycles. The molecule has 1 amide bonds. The molecule has 1 unspecified atom stereocenters. The van der Waals surface area contributed by atoms with Gasteiger partial charge in [0.05, 0.1) is 11.0 Å². The fourth-order valence-corrected chi connectivity index (χ4v) is 4.33. The Kier molecular flexibility index (Phi) is 5.75. The van der Waals surface area contributed by atoms with Crippen LogP contribution in [0, 0.1) is 5.92 Å². The molecule has 2 heterocycles. The number of nitrogens with one attached hydrogen (secondary N) is 3. The molecular weight excluding hydrogens is 356 g/mol. The van der Waals surface area contributed by atoms with E-state index < -0.39 is 0 Å². The normalized spacial score (nSPS) is 17.1. The van der Waals surface area contributed by atoms with Gasteiger partial charge in [-0.05, 0) is 55.6 Å². The first-order chi connectivity index (χ1) is 13.3. The van der Waals surface area contributed by atoms with Crippen LogP contribution in [0.5, 0.6) is 0 Å². The Morgan fingerprint density at radius 2 is 2.04 bits per heavy atom. The van der Waals surface area contributed by atoms with Crippen LogP contribution in [-0.4, -0.2) is 35.5 Å². The van der Waals surface area contributed by atoms with Crippen LogP contribution in [0.15, 0.2) is 53.7 Å². The number of hydrogen-bond donors (Lipinski definition) is 3. The molecule has 140 valence electrons. The largest absolute Gasteiger partial charge is 0.352 e. The maximum absolute atomic E-state index is 12.7. The molecule has 0 aliphatic carbocycles. The Morgan fingerprint density at radius 1 is 1.19 bits per heavy atom. The zero-order valence-corrected chi connectivity index (χ0v) is 16.0.